The van der Waals surface area contributed by atoms with E-state index in [0.717, 1.165) is 27.9 Å². The largest absolute Gasteiger partial charge is 0.494 e. The van der Waals surface area contributed by atoms with E-state index < -0.39 is 0 Å². The maximum absolute atomic E-state index is 11.5. The fourth-order valence-electron chi connectivity index (χ4n) is 2.65. The van der Waals surface area contributed by atoms with Crippen molar-refractivity contribution in [2.75, 3.05) is 6.61 Å². The van der Waals surface area contributed by atoms with Gasteiger partial charge in [0.15, 0.2) is 5.78 Å². The van der Waals surface area contributed by atoms with Gasteiger partial charge in [-0.05, 0) is 44.9 Å². The summed E-state index contributed by atoms with van der Waals surface area (Å²) in [6, 6.07) is 5.81. The Morgan fingerprint density at radius 1 is 1.30 bits per heavy atom. The zero-order valence-corrected chi connectivity index (χ0v) is 13.3. The molecule has 1 aliphatic carbocycles. The van der Waals surface area contributed by atoms with Crippen LogP contribution in [0.1, 0.15) is 61.9 Å². The maximum Gasteiger partial charge on any atom is 0.159 e. The van der Waals surface area contributed by atoms with Gasteiger partial charge < -0.3 is 4.74 Å². The van der Waals surface area contributed by atoms with E-state index in [1.165, 1.54) is 32.1 Å². The van der Waals surface area contributed by atoms with Gasteiger partial charge in [0, 0.05) is 22.1 Å². The average molecular weight is 292 g/mol. The predicted octanol–water partition coefficient (Wildman–Crippen LogP) is 4.85. The van der Waals surface area contributed by atoms with Crippen molar-refractivity contribution in [2.45, 2.75) is 57.0 Å². The molecule has 2 nitrogen and oxygen atoms in total. The quantitative estimate of drug-likeness (QED) is 0.701. The van der Waals surface area contributed by atoms with Crippen LogP contribution >= 0.6 is 11.8 Å². The molecule has 1 aromatic carbocycles. The van der Waals surface area contributed by atoms with Crippen molar-refractivity contribution in [3.63, 3.8) is 0 Å². The average Bonchev–Trinajstić information content (AvgIpc) is 2.47. The number of carbonyl (C=O) groups excluding carboxylic acids is 1. The molecular weight excluding hydrogens is 268 g/mol. The first-order chi connectivity index (χ1) is 9.70. The summed E-state index contributed by atoms with van der Waals surface area (Å²) >= 11 is 2.02. The molecule has 0 bridgehead atoms. The van der Waals surface area contributed by atoms with Crippen LogP contribution in [0, 0.1) is 0 Å². The SMILES string of the molecule is CCOc1ccc(C(C)=O)cc1CSC1CCCCC1. The minimum atomic E-state index is 0.122. The van der Waals surface area contributed by atoms with Gasteiger partial charge in [0.1, 0.15) is 5.75 Å². The van der Waals surface area contributed by atoms with Crippen LogP contribution in [0.25, 0.3) is 0 Å². The normalized spacial score (nSPS) is 16.1. The highest BCUT2D eigenvalue weighted by molar-refractivity contribution is 7.99. The number of Topliss-reactive ketones (excluding diaryl/α,β-unsaturated/α-hetero) is 1. The first-order valence-electron chi connectivity index (χ1n) is 7.59. The Balaban J connectivity index is 2.06. The molecule has 1 saturated carbocycles. The fourth-order valence-corrected chi connectivity index (χ4v) is 3.95. The van der Waals surface area contributed by atoms with E-state index in [0.29, 0.717) is 6.61 Å². The lowest BCUT2D eigenvalue weighted by molar-refractivity contribution is 0.101. The van der Waals surface area contributed by atoms with E-state index in [-0.39, 0.29) is 5.78 Å². The molecule has 0 aliphatic heterocycles. The van der Waals surface area contributed by atoms with Crippen LogP contribution < -0.4 is 4.74 Å². The Morgan fingerprint density at radius 3 is 2.70 bits per heavy atom. The van der Waals surface area contributed by atoms with Gasteiger partial charge in [-0.1, -0.05) is 19.3 Å². The van der Waals surface area contributed by atoms with Crippen molar-refractivity contribution >= 4 is 17.5 Å². The van der Waals surface area contributed by atoms with Crippen molar-refractivity contribution in [1.82, 2.24) is 0 Å². The first-order valence-corrected chi connectivity index (χ1v) is 8.64. The van der Waals surface area contributed by atoms with Crippen LogP contribution in [-0.4, -0.2) is 17.6 Å². The smallest absolute Gasteiger partial charge is 0.159 e. The van der Waals surface area contributed by atoms with Gasteiger partial charge in [0.25, 0.3) is 0 Å². The summed E-state index contributed by atoms with van der Waals surface area (Å²) in [4.78, 5) is 11.5. The number of hydrogen-bond donors (Lipinski definition) is 0. The highest BCUT2D eigenvalue weighted by Crippen LogP contribution is 2.33. The summed E-state index contributed by atoms with van der Waals surface area (Å²) in [5.41, 5.74) is 1.95. The summed E-state index contributed by atoms with van der Waals surface area (Å²) in [7, 11) is 0. The molecule has 2 rings (SSSR count). The van der Waals surface area contributed by atoms with Crippen LogP contribution in [0.5, 0.6) is 5.75 Å². The molecule has 0 N–H and O–H groups in total. The third kappa shape index (κ3) is 4.27. The monoisotopic (exact) mass is 292 g/mol. The third-order valence-electron chi connectivity index (χ3n) is 3.79. The molecule has 0 heterocycles. The lowest BCUT2D eigenvalue weighted by Crippen LogP contribution is -2.08. The van der Waals surface area contributed by atoms with E-state index in [1.54, 1.807) is 6.92 Å². The second kappa shape index (κ2) is 7.72. The molecule has 3 heteroatoms. The molecule has 0 atom stereocenters. The maximum atomic E-state index is 11.5. The minimum Gasteiger partial charge on any atom is -0.494 e. The van der Waals surface area contributed by atoms with Gasteiger partial charge in [-0.15, -0.1) is 0 Å². The lowest BCUT2D eigenvalue weighted by atomic mass is 10.0. The van der Waals surface area contributed by atoms with Gasteiger partial charge in [0.2, 0.25) is 0 Å². The van der Waals surface area contributed by atoms with Crippen molar-refractivity contribution in [2.24, 2.45) is 0 Å². The molecule has 1 fully saturated rings. The minimum absolute atomic E-state index is 0.122. The number of thioether (sulfide) groups is 1. The Morgan fingerprint density at radius 2 is 2.05 bits per heavy atom. The van der Waals surface area contributed by atoms with E-state index in [4.69, 9.17) is 4.74 Å². The van der Waals surface area contributed by atoms with Gasteiger partial charge in [-0.2, -0.15) is 11.8 Å². The number of hydrogen-bond acceptors (Lipinski definition) is 3. The third-order valence-corrected chi connectivity index (χ3v) is 5.21. The molecule has 110 valence electrons. The molecule has 1 aromatic rings. The second-order valence-electron chi connectivity index (χ2n) is 5.38. The molecular formula is C17H24O2S. The zero-order chi connectivity index (χ0) is 14.4. The van der Waals surface area contributed by atoms with Crippen LogP contribution in [0.4, 0.5) is 0 Å². The van der Waals surface area contributed by atoms with Crippen molar-refractivity contribution < 1.29 is 9.53 Å². The van der Waals surface area contributed by atoms with E-state index in [1.807, 2.05) is 36.9 Å². The standard InChI is InChI=1S/C17H24O2S/c1-3-19-17-10-9-14(13(2)18)11-15(17)12-20-16-7-5-4-6-8-16/h9-11,16H,3-8,12H2,1-2H3. The van der Waals surface area contributed by atoms with Gasteiger partial charge in [-0.25, -0.2) is 0 Å². The topological polar surface area (TPSA) is 26.3 Å². The molecule has 0 amide bonds. The number of rotatable bonds is 6. The summed E-state index contributed by atoms with van der Waals surface area (Å²) in [6.45, 7) is 4.28. The molecule has 0 aromatic heterocycles. The Kier molecular flexibility index (Phi) is 5.96. The van der Waals surface area contributed by atoms with Gasteiger partial charge in [0.05, 0.1) is 6.61 Å². The van der Waals surface area contributed by atoms with Crippen LogP contribution in [-0.2, 0) is 5.75 Å². The fraction of sp³-hybridized carbons (Fsp3) is 0.588. The second-order valence-corrected chi connectivity index (χ2v) is 6.67. The van der Waals surface area contributed by atoms with Crippen LogP contribution in [0.3, 0.4) is 0 Å². The Bertz CT molecular complexity index is 450. The number of carbonyl (C=O) groups is 1. The number of benzene rings is 1. The summed E-state index contributed by atoms with van der Waals surface area (Å²) in [5, 5.41) is 0.777. The predicted molar refractivity (Wildman–Crippen MR) is 85.8 cm³/mol. The Hall–Kier alpha value is -0.960. The zero-order valence-electron chi connectivity index (χ0n) is 12.5. The van der Waals surface area contributed by atoms with Crippen molar-refractivity contribution in [1.29, 1.82) is 0 Å². The number of ketones is 1. The summed E-state index contributed by atoms with van der Waals surface area (Å²) in [5.74, 6) is 2.00. The van der Waals surface area contributed by atoms with Gasteiger partial charge >= 0.3 is 0 Å². The molecule has 1 aliphatic rings. The number of ether oxygens (including phenoxy) is 1. The Labute approximate surface area is 126 Å². The highest BCUT2D eigenvalue weighted by atomic mass is 32.2. The van der Waals surface area contributed by atoms with E-state index in [9.17, 15) is 4.79 Å². The highest BCUT2D eigenvalue weighted by Gasteiger charge is 2.15. The van der Waals surface area contributed by atoms with Crippen LogP contribution in [0.15, 0.2) is 18.2 Å². The molecule has 0 saturated heterocycles. The summed E-state index contributed by atoms with van der Waals surface area (Å²) < 4.78 is 5.69. The van der Waals surface area contributed by atoms with E-state index >= 15 is 0 Å². The van der Waals surface area contributed by atoms with Crippen molar-refractivity contribution in [3.8, 4) is 5.75 Å². The van der Waals surface area contributed by atoms with Crippen LogP contribution in [0.2, 0.25) is 0 Å². The molecule has 0 radical (unpaired) electrons. The molecule has 20 heavy (non-hydrogen) atoms. The first kappa shape index (κ1) is 15.4. The van der Waals surface area contributed by atoms with Gasteiger partial charge in [-0.3, -0.25) is 4.79 Å². The molecule has 0 spiro atoms. The van der Waals surface area contributed by atoms with Crippen molar-refractivity contribution in [3.05, 3.63) is 29.3 Å². The molecule has 0 unspecified atom stereocenters. The summed E-state index contributed by atoms with van der Waals surface area (Å²) in [6.07, 6.45) is 6.79. The van der Waals surface area contributed by atoms with E-state index in [2.05, 4.69) is 0 Å². The lowest BCUT2D eigenvalue weighted by Gasteiger charge is -2.21.